The summed E-state index contributed by atoms with van der Waals surface area (Å²) in [6.45, 7) is 3.52. The Hall–Kier alpha value is -2.05. The van der Waals surface area contributed by atoms with Crippen molar-refractivity contribution >= 4 is 5.82 Å². The summed E-state index contributed by atoms with van der Waals surface area (Å²) in [7, 11) is 2.15. The molecule has 4 rings (SSSR count). The molecule has 0 spiro atoms. The lowest BCUT2D eigenvalue weighted by Crippen LogP contribution is -2.48. The molecule has 23 heavy (non-hydrogen) atoms. The highest BCUT2D eigenvalue weighted by Crippen LogP contribution is 2.26. The first-order valence-corrected chi connectivity index (χ1v) is 7.87. The summed E-state index contributed by atoms with van der Waals surface area (Å²) >= 11 is 0. The van der Waals surface area contributed by atoms with Crippen LogP contribution in [0.4, 0.5) is 10.2 Å². The number of anilines is 1. The minimum absolute atomic E-state index is 0.243. The highest BCUT2D eigenvalue weighted by molar-refractivity contribution is 5.59. The molecule has 0 amide bonds. The lowest BCUT2D eigenvalue weighted by Gasteiger charge is -2.33. The Balaban J connectivity index is 1.51. The second kappa shape index (κ2) is 5.86. The van der Waals surface area contributed by atoms with Gasteiger partial charge in [-0.1, -0.05) is 0 Å². The molecule has 2 fully saturated rings. The van der Waals surface area contributed by atoms with E-state index < -0.39 is 0 Å². The number of nitrogens with zero attached hydrogens (tertiary/aromatic N) is 4. The Bertz CT molecular complexity index is 676. The zero-order valence-electron chi connectivity index (χ0n) is 13.0. The molecule has 0 saturated carbocycles. The third-order valence-corrected chi connectivity index (χ3v) is 4.69. The van der Waals surface area contributed by atoms with Gasteiger partial charge in [0, 0.05) is 25.2 Å². The molecule has 0 bridgehead atoms. The summed E-state index contributed by atoms with van der Waals surface area (Å²) in [4.78, 5) is 4.58. The normalized spacial score (nSPS) is 24.7. The van der Waals surface area contributed by atoms with Gasteiger partial charge in [0.15, 0.2) is 5.82 Å². The number of likely N-dealkylation sites (N-methyl/N-ethyl adjacent to an activating group) is 1. The minimum Gasteiger partial charge on any atom is -0.373 e. The van der Waals surface area contributed by atoms with E-state index in [0.29, 0.717) is 6.04 Å². The monoisotopic (exact) mass is 314 g/mol. The third kappa shape index (κ3) is 2.80. The molecule has 0 aliphatic carbocycles. The Labute approximate surface area is 134 Å². The number of ether oxygens (including phenoxy) is 1. The van der Waals surface area contributed by atoms with E-state index in [1.165, 1.54) is 12.1 Å². The van der Waals surface area contributed by atoms with Crippen LogP contribution in [0.15, 0.2) is 36.4 Å². The van der Waals surface area contributed by atoms with Crippen molar-refractivity contribution in [2.45, 2.75) is 12.1 Å². The van der Waals surface area contributed by atoms with Gasteiger partial charge in [0.05, 0.1) is 24.4 Å². The van der Waals surface area contributed by atoms with Crippen LogP contribution >= 0.6 is 0 Å². The topological polar surface area (TPSA) is 41.5 Å². The Morgan fingerprint density at radius 1 is 1.09 bits per heavy atom. The van der Waals surface area contributed by atoms with Crippen LogP contribution in [0.3, 0.4) is 0 Å². The summed E-state index contributed by atoms with van der Waals surface area (Å²) < 4.78 is 18.9. The molecule has 2 aliphatic rings. The first-order chi connectivity index (χ1) is 11.2. The Morgan fingerprint density at radius 3 is 2.61 bits per heavy atom. The van der Waals surface area contributed by atoms with Crippen molar-refractivity contribution in [1.29, 1.82) is 0 Å². The van der Waals surface area contributed by atoms with Crippen LogP contribution in [0.5, 0.6) is 0 Å². The molecule has 6 heteroatoms. The van der Waals surface area contributed by atoms with E-state index in [4.69, 9.17) is 4.74 Å². The molecule has 2 aliphatic heterocycles. The molecule has 2 unspecified atom stereocenters. The van der Waals surface area contributed by atoms with E-state index in [-0.39, 0.29) is 11.9 Å². The van der Waals surface area contributed by atoms with Crippen molar-refractivity contribution in [2.75, 3.05) is 38.2 Å². The van der Waals surface area contributed by atoms with Gasteiger partial charge in [0.1, 0.15) is 5.82 Å². The van der Waals surface area contributed by atoms with Gasteiger partial charge in [-0.2, -0.15) is 0 Å². The smallest absolute Gasteiger partial charge is 0.151 e. The van der Waals surface area contributed by atoms with Crippen LogP contribution in [0, 0.1) is 5.82 Å². The molecule has 2 saturated heterocycles. The van der Waals surface area contributed by atoms with E-state index in [0.717, 1.165) is 43.3 Å². The fraction of sp³-hybridized carbons (Fsp3) is 0.412. The maximum absolute atomic E-state index is 13.0. The van der Waals surface area contributed by atoms with Crippen molar-refractivity contribution in [1.82, 2.24) is 15.1 Å². The van der Waals surface area contributed by atoms with E-state index in [9.17, 15) is 4.39 Å². The standard InChI is InChI=1S/C17H19FN4O/c1-21-8-9-23-16-11-22(10-15(16)21)17-7-6-14(19-20-17)12-2-4-13(18)5-3-12/h2-7,15-16H,8-11H2,1H3. The van der Waals surface area contributed by atoms with Crippen molar-refractivity contribution in [3.05, 3.63) is 42.2 Å². The highest BCUT2D eigenvalue weighted by Gasteiger charge is 2.39. The van der Waals surface area contributed by atoms with Crippen molar-refractivity contribution < 1.29 is 9.13 Å². The van der Waals surface area contributed by atoms with Gasteiger partial charge in [-0.15, -0.1) is 10.2 Å². The quantitative estimate of drug-likeness (QED) is 0.845. The lowest BCUT2D eigenvalue weighted by molar-refractivity contribution is -0.0362. The molecule has 1 aromatic carbocycles. The summed E-state index contributed by atoms with van der Waals surface area (Å²) in [5, 5.41) is 8.64. The Morgan fingerprint density at radius 2 is 1.91 bits per heavy atom. The molecule has 0 N–H and O–H groups in total. The van der Waals surface area contributed by atoms with Crippen molar-refractivity contribution in [2.24, 2.45) is 0 Å². The number of hydrogen-bond acceptors (Lipinski definition) is 5. The van der Waals surface area contributed by atoms with Crippen molar-refractivity contribution in [3.8, 4) is 11.3 Å². The molecule has 3 heterocycles. The van der Waals surface area contributed by atoms with Gasteiger partial charge in [-0.25, -0.2) is 4.39 Å². The molecule has 0 radical (unpaired) electrons. The van der Waals surface area contributed by atoms with Gasteiger partial charge in [-0.3, -0.25) is 4.90 Å². The number of fused-ring (bicyclic) bond motifs is 1. The second-order valence-corrected chi connectivity index (χ2v) is 6.15. The van der Waals surface area contributed by atoms with Crippen molar-refractivity contribution in [3.63, 3.8) is 0 Å². The Kier molecular flexibility index (Phi) is 3.71. The number of benzene rings is 1. The van der Waals surface area contributed by atoms with Gasteiger partial charge >= 0.3 is 0 Å². The maximum atomic E-state index is 13.0. The maximum Gasteiger partial charge on any atom is 0.151 e. The zero-order valence-corrected chi connectivity index (χ0v) is 13.0. The molecular formula is C17H19FN4O. The number of hydrogen-bond donors (Lipinski definition) is 0. The number of morpholine rings is 1. The third-order valence-electron chi connectivity index (χ3n) is 4.69. The van der Waals surface area contributed by atoms with Crippen LogP contribution in [0.25, 0.3) is 11.3 Å². The van der Waals surface area contributed by atoms with Crippen LogP contribution in [0.1, 0.15) is 0 Å². The predicted molar refractivity (Wildman–Crippen MR) is 85.8 cm³/mol. The summed E-state index contributed by atoms with van der Waals surface area (Å²) in [5.41, 5.74) is 1.61. The van der Waals surface area contributed by atoms with Gasteiger partial charge in [0.2, 0.25) is 0 Å². The largest absolute Gasteiger partial charge is 0.373 e. The molecule has 2 atom stereocenters. The number of rotatable bonds is 2. The van der Waals surface area contributed by atoms with Crippen LogP contribution in [-0.4, -0.2) is 60.5 Å². The predicted octanol–water partition coefficient (Wildman–Crippen LogP) is 1.80. The van der Waals surface area contributed by atoms with Gasteiger partial charge < -0.3 is 9.64 Å². The molecule has 2 aromatic rings. The lowest BCUT2D eigenvalue weighted by atomic mass is 10.1. The molecule has 120 valence electrons. The highest BCUT2D eigenvalue weighted by atomic mass is 19.1. The summed E-state index contributed by atoms with van der Waals surface area (Å²) in [6, 6.07) is 10.6. The molecule has 1 aromatic heterocycles. The average Bonchev–Trinajstić information content (AvgIpc) is 3.01. The number of halogens is 1. The molecular weight excluding hydrogens is 295 g/mol. The average molecular weight is 314 g/mol. The van der Waals surface area contributed by atoms with E-state index >= 15 is 0 Å². The first kappa shape index (κ1) is 14.5. The summed E-state index contributed by atoms with van der Waals surface area (Å²) in [6.07, 6.45) is 0.243. The second-order valence-electron chi connectivity index (χ2n) is 6.15. The van der Waals surface area contributed by atoms with Gasteiger partial charge in [-0.05, 0) is 43.4 Å². The van der Waals surface area contributed by atoms with Gasteiger partial charge in [0.25, 0.3) is 0 Å². The number of aromatic nitrogens is 2. The fourth-order valence-corrected chi connectivity index (χ4v) is 3.31. The van der Waals surface area contributed by atoms with E-state index in [1.807, 2.05) is 12.1 Å². The van der Waals surface area contributed by atoms with Crippen LogP contribution < -0.4 is 4.90 Å². The SMILES string of the molecule is CN1CCOC2CN(c3ccc(-c4ccc(F)cc4)nn3)CC21. The summed E-state index contributed by atoms with van der Waals surface area (Å²) in [5.74, 6) is 0.615. The minimum atomic E-state index is -0.248. The first-order valence-electron chi connectivity index (χ1n) is 7.87. The van der Waals surface area contributed by atoms with Crippen LogP contribution in [-0.2, 0) is 4.74 Å². The molecule has 5 nitrogen and oxygen atoms in total. The van der Waals surface area contributed by atoms with Crippen LogP contribution in [0.2, 0.25) is 0 Å². The van der Waals surface area contributed by atoms with E-state index in [2.05, 4.69) is 27.0 Å². The fourth-order valence-electron chi connectivity index (χ4n) is 3.31. The zero-order chi connectivity index (χ0) is 15.8. The van der Waals surface area contributed by atoms with E-state index in [1.54, 1.807) is 12.1 Å².